The number of piperidine rings is 1. The molecule has 0 atom stereocenters. The van der Waals surface area contributed by atoms with Crippen LogP contribution in [0, 0.1) is 12.8 Å². The molecular weight excluding hydrogens is 324 g/mol. The van der Waals surface area contributed by atoms with Gasteiger partial charge in [0.15, 0.2) is 0 Å². The predicted molar refractivity (Wildman–Crippen MR) is 83.2 cm³/mol. The Balaban J connectivity index is 1.48. The zero-order valence-corrected chi connectivity index (χ0v) is 14.1. The van der Waals surface area contributed by atoms with E-state index in [2.05, 4.69) is 14.3 Å². The number of aryl methyl sites for hydroxylation is 1. The van der Waals surface area contributed by atoms with Crippen molar-refractivity contribution >= 4 is 27.5 Å². The second kappa shape index (κ2) is 6.21. The number of likely N-dealkylation sites (tertiary alicyclic amines) is 1. The molecule has 3 rings (SSSR count). The number of nitrogens with zero attached hydrogens (tertiary/aromatic N) is 3. The molecule has 0 bridgehead atoms. The Morgan fingerprint density at radius 1 is 1.32 bits per heavy atom. The van der Waals surface area contributed by atoms with Crippen LogP contribution in [0.5, 0.6) is 0 Å². The average molecular weight is 344 g/mol. The van der Waals surface area contributed by atoms with Crippen LogP contribution in [0.15, 0.2) is 0 Å². The van der Waals surface area contributed by atoms with Crippen LogP contribution in [0.1, 0.15) is 41.0 Å². The van der Waals surface area contributed by atoms with Crippen LogP contribution in [0.4, 0.5) is 0 Å². The summed E-state index contributed by atoms with van der Waals surface area (Å²) in [7, 11) is -3.10. The Hall–Kier alpha value is -1.06. The van der Waals surface area contributed by atoms with Gasteiger partial charge in [0.1, 0.15) is 4.88 Å². The third-order valence-electron chi connectivity index (χ3n) is 4.28. The van der Waals surface area contributed by atoms with E-state index >= 15 is 0 Å². The molecule has 0 radical (unpaired) electrons. The smallest absolute Gasteiger partial charge is 0.267 e. The molecule has 7 nitrogen and oxygen atoms in total. The number of sulfonamides is 1. The molecule has 122 valence electrons. The SMILES string of the molecule is Cc1nnsc1C(=O)N1CCC(CNS(=O)(=O)C2CC2)CC1. The molecule has 2 fully saturated rings. The molecule has 1 aromatic heterocycles. The molecule has 1 N–H and O–H groups in total. The van der Waals surface area contributed by atoms with E-state index in [9.17, 15) is 13.2 Å². The first-order valence-electron chi connectivity index (χ1n) is 7.54. The monoisotopic (exact) mass is 344 g/mol. The molecule has 1 aliphatic heterocycles. The van der Waals surface area contributed by atoms with Gasteiger partial charge in [0, 0.05) is 19.6 Å². The van der Waals surface area contributed by atoms with E-state index in [1.165, 1.54) is 0 Å². The van der Waals surface area contributed by atoms with Gasteiger partial charge in [0.25, 0.3) is 5.91 Å². The van der Waals surface area contributed by atoms with E-state index in [1.807, 2.05) is 4.90 Å². The van der Waals surface area contributed by atoms with Crippen LogP contribution in [-0.2, 0) is 10.0 Å². The lowest BCUT2D eigenvalue weighted by Gasteiger charge is -2.31. The second-order valence-electron chi connectivity index (χ2n) is 6.02. The molecule has 0 aromatic carbocycles. The fourth-order valence-electron chi connectivity index (χ4n) is 2.64. The van der Waals surface area contributed by atoms with Crippen molar-refractivity contribution in [3.8, 4) is 0 Å². The highest BCUT2D eigenvalue weighted by molar-refractivity contribution is 7.90. The third-order valence-corrected chi connectivity index (χ3v) is 7.02. The molecule has 9 heteroatoms. The van der Waals surface area contributed by atoms with Crippen LogP contribution in [0.25, 0.3) is 0 Å². The molecule has 1 saturated carbocycles. The molecule has 1 aromatic rings. The lowest BCUT2D eigenvalue weighted by atomic mass is 9.97. The minimum absolute atomic E-state index is 0.00971. The summed E-state index contributed by atoms with van der Waals surface area (Å²) in [5, 5.41) is 3.70. The molecule has 1 saturated heterocycles. The largest absolute Gasteiger partial charge is 0.338 e. The van der Waals surface area contributed by atoms with Crippen LogP contribution in [-0.4, -0.2) is 53.7 Å². The first-order valence-corrected chi connectivity index (χ1v) is 9.86. The summed E-state index contributed by atoms with van der Waals surface area (Å²) in [5.74, 6) is 0.294. The first kappa shape index (κ1) is 15.8. The van der Waals surface area contributed by atoms with Gasteiger partial charge in [-0.15, -0.1) is 5.10 Å². The normalized spacial score (nSPS) is 20.3. The summed E-state index contributed by atoms with van der Waals surface area (Å²) in [5.41, 5.74) is 0.675. The fourth-order valence-corrected chi connectivity index (χ4v) is 4.73. The van der Waals surface area contributed by atoms with Gasteiger partial charge in [-0.3, -0.25) is 4.79 Å². The van der Waals surface area contributed by atoms with Crippen LogP contribution >= 0.6 is 11.5 Å². The zero-order valence-electron chi connectivity index (χ0n) is 12.5. The van der Waals surface area contributed by atoms with Crippen molar-refractivity contribution in [2.45, 2.75) is 37.9 Å². The van der Waals surface area contributed by atoms with Crippen LogP contribution in [0.2, 0.25) is 0 Å². The first-order chi connectivity index (χ1) is 10.5. The Bertz CT molecular complexity index is 646. The Kier molecular flexibility index (Phi) is 4.47. The standard InChI is InChI=1S/C13H20N4O3S2/c1-9-12(21-16-15-9)13(18)17-6-4-10(5-7-17)8-14-22(19,20)11-2-3-11/h10-11,14H,2-8H2,1H3. The summed E-state index contributed by atoms with van der Waals surface area (Å²) in [6.07, 6.45) is 3.21. The van der Waals surface area contributed by atoms with Crippen molar-refractivity contribution in [1.82, 2.24) is 19.2 Å². The number of hydrogen-bond donors (Lipinski definition) is 1. The molecule has 2 heterocycles. The van der Waals surface area contributed by atoms with Gasteiger partial charge >= 0.3 is 0 Å². The summed E-state index contributed by atoms with van der Waals surface area (Å²) in [6, 6.07) is 0. The van der Waals surface area contributed by atoms with Gasteiger partial charge in [-0.05, 0) is 50.1 Å². The van der Waals surface area contributed by atoms with Gasteiger partial charge in [0.2, 0.25) is 10.0 Å². The molecule has 1 amide bonds. The lowest BCUT2D eigenvalue weighted by molar-refractivity contribution is 0.0696. The minimum atomic E-state index is -3.10. The molecule has 0 unspecified atom stereocenters. The zero-order chi connectivity index (χ0) is 15.7. The number of amides is 1. The van der Waals surface area contributed by atoms with E-state index in [4.69, 9.17) is 0 Å². The van der Waals surface area contributed by atoms with Crippen LogP contribution in [0.3, 0.4) is 0 Å². The lowest BCUT2D eigenvalue weighted by Crippen LogP contribution is -2.42. The van der Waals surface area contributed by atoms with Crippen molar-refractivity contribution < 1.29 is 13.2 Å². The van der Waals surface area contributed by atoms with Crippen molar-refractivity contribution in [1.29, 1.82) is 0 Å². The van der Waals surface area contributed by atoms with E-state index < -0.39 is 10.0 Å². The second-order valence-corrected chi connectivity index (χ2v) is 8.82. The minimum Gasteiger partial charge on any atom is -0.338 e. The van der Waals surface area contributed by atoms with Crippen molar-refractivity contribution in [3.05, 3.63) is 10.6 Å². The number of carbonyl (C=O) groups excluding carboxylic acids is 1. The highest BCUT2D eigenvalue weighted by Gasteiger charge is 2.36. The highest BCUT2D eigenvalue weighted by atomic mass is 32.2. The Labute approximate surface area is 134 Å². The summed E-state index contributed by atoms with van der Waals surface area (Å²) in [6.45, 7) is 3.59. The predicted octanol–water partition coefficient (Wildman–Crippen LogP) is 0.781. The number of carbonyl (C=O) groups is 1. The quantitative estimate of drug-likeness (QED) is 0.852. The van der Waals surface area contributed by atoms with Gasteiger partial charge in [-0.25, -0.2) is 13.1 Å². The Morgan fingerprint density at radius 3 is 2.55 bits per heavy atom. The van der Waals surface area contributed by atoms with Gasteiger partial charge < -0.3 is 4.90 Å². The summed E-state index contributed by atoms with van der Waals surface area (Å²) < 4.78 is 30.1. The molecule has 1 aliphatic carbocycles. The maximum absolute atomic E-state index is 12.3. The topological polar surface area (TPSA) is 92.3 Å². The third kappa shape index (κ3) is 3.47. The number of nitrogens with one attached hydrogen (secondary N) is 1. The van der Waals surface area contributed by atoms with Crippen molar-refractivity contribution in [2.75, 3.05) is 19.6 Å². The van der Waals surface area contributed by atoms with E-state index in [0.29, 0.717) is 36.1 Å². The van der Waals surface area contributed by atoms with Gasteiger partial charge in [-0.2, -0.15) is 0 Å². The number of rotatable bonds is 5. The van der Waals surface area contributed by atoms with Crippen LogP contribution < -0.4 is 4.72 Å². The van der Waals surface area contributed by atoms with E-state index in [1.54, 1.807) is 6.92 Å². The fraction of sp³-hybridized carbons (Fsp3) is 0.769. The van der Waals surface area contributed by atoms with Crippen molar-refractivity contribution in [2.24, 2.45) is 5.92 Å². The molecule has 22 heavy (non-hydrogen) atoms. The van der Waals surface area contributed by atoms with E-state index in [0.717, 1.165) is 37.2 Å². The summed E-state index contributed by atoms with van der Waals surface area (Å²) in [4.78, 5) is 14.8. The summed E-state index contributed by atoms with van der Waals surface area (Å²) >= 11 is 1.13. The highest BCUT2D eigenvalue weighted by Crippen LogP contribution is 2.28. The maximum atomic E-state index is 12.3. The average Bonchev–Trinajstić information content (AvgIpc) is 3.28. The molecular formula is C13H20N4O3S2. The van der Waals surface area contributed by atoms with Crippen molar-refractivity contribution in [3.63, 3.8) is 0 Å². The Morgan fingerprint density at radius 2 is 2.00 bits per heavy atom. The maximum Gasteiger partial charge on any atom is 0.267 e. The number of aromatic nitrogens is 2. The van der Waals surface area contributed by atoms with E-state index in [-0.39, 0.29) is 11.2 Å². The van der Waals surface area contributed by atoms with Gasteiger partial charge in [0.05, 0.1) is 10.9 Å². The molecule has 0 spiro atoms. The number of hydrogen-bond acceptors (Lipinski definition) is 6. The molecule has 2 aliphatic rings. The van der Waals surface area contributed by atoms with Gasteiger partial charge in [-0.1, -0.05) is 4.49 Å².